The summed E-state index contributed by atoms with van der Waals surface area (Å²) in [6, 6.07) is 0. The molecule has 0 heterocycles. The summed E-state index contributed by atoms with van der Waals surface area (Å²) in [6.07, 6.45) is 20.6. The monoisotopic (exact) mass is 392 g/mol. The van der Waals surface area contributed by atoms with Crippen LogP contribution in [-0.4, -0.2) is 0 Å². The molecule has 0 aromatic carbocycles. The van der Waals surface area contributed by atoms with Crippen LogP contribution in [-0.2, 0) is 0 Å². The predicted octanol–water partition coefficient (Wildman–Crippen LogP) is 7.78. The zero-order valence-electron chi connectivity index (χ0n) is 19.7. The molecule has 0 radical (unpaired) electrons. The summed E-state index contributed by atoms with van der Waals surface area (Å²) in [5.74, 6) is 11.4. The van der Waals surface area contributed by atoms with Crippen LogP contribution in [0.25, 0.3) is 0 Å². The summed E-state index contributed by atoms with van der Waals surface area (Å²) < 4.78 is 0. The van der Waals surface area contributed by atoms with Crippen molar-refractivity contribution in [2.45, 2.75) is 67.2 Å². The maximum absolute atomic E-state index is 2.50. The van der Waals surface area contributed by atoms with Crippen molar-refractivity contribution < 1.29 is 0 Å². The van der Waals surface area contributed by atoms with Crippen molar-refractivity contribution >= 4 is 0 Å². The van der Waals surface area contributed by atoms with E-state index >= 15 is 0 Å². The van der Waals surface area contributed by atoms with Crippen molar-refractivity contribution in [2.24, 2.45) is 76.4 Å². The maximum Gasteiger partial charge on any atom is -0.0143 e. The van der Waals surface area contributed by atoms with Crippen LogP contribution >= 0.6 is 0 Å². The van der Waals surface area contributed by atoms with Gasteiger partial charge < -0.3 is 0 Å². The van der Waals surface area contributed by atoms with E-state index in [1.807, 2.05) is 0 Å². The molecule has 6 bridgehead atoms. The second kappa shape index (κ2) is 7.13. The Balaban J connectivity index is 0.0000000947. The first kappa shape index (κ1) is 20.1. The van der Waals surface area contributed by atoms with Gasteiger partial charge >= 0.3 is 0 Å². The maximum atomic E-state index is 2.50. The van der Waals surface area contributed by atoms with Gasteiger partial charge in [-0.05, 0) is 102 Å². The van der Waals surface area contributed by atoms with E-state index in [1.165, 1.54) is 25.7 Å². The Kier molecular flexibility index (Phi) is 4.95. The largest absolute Gasteiger partial charge is 0.0848 e. The highest BCUT2D eigenvalue weighted by Gasteiger charge is 2.64. The molecule has 0 nitrogen and oxygen atoms in total. The number of rotatable bonds is 0. The second-order valence-corrected chi connectivity index (χ2v) is 12.2. The van der Waals surface area contributed by atoms with Gasteiger partial charge in [-0.25, -0.2) is 0 Å². The zero-order chi connectivity index (χ0) is 20.5. The smallest absolute Gasteiger partial charge is 0.0143 e. The molecule has 1 spiro atoms. The van der Waals surface area contributed by atoms with Crippen LogP contribution in [0.5, 0.6) is 0 Å². The van der Waals surface area contributed by atoms with E-state index in [-0.39, 0.29) is 0 Å². The summed E-state index contributed by atoms with van der Waals surface area (Å²) >= 11 is 0. The van der Waals surface area contributed by atoms with E-state index in [9.17, 15) is 0 Å². The quantitative estimate of drug-likeness (QED) is 0.369. The average Bonchev–Trinajstić information content (AvgIpc) is 3.19. The Morgan fingerprint density at radius 1 is 0.448 bits per heavy atom. The summed E-state index contributed by atoms with van der Waals surface area (Å²) in [6.45, 7) is 14.4. The minimum absolute atomic E-state index is 0.804. The van der Waals surface area contributed by atoms with E-state index in [2.05, 4.69) is 78.0 Å². The molecule has 0 heteroatoms. The van der Waals surface area contributed by atoms with Crippen LogP contribution < -0.4 is 0 Å². The fourth-order valence-corrected chi connectivity index (χ4v) is 8.34. The standard InChI is InChI=1S/C11H16.2C9H14/c1-7-8(2)10-4-3-9(7)11(10)5-6-11;2*1-6-7(2)9-4-3-8(6)5-9/h3-4,7-10H,5-6H2,1-2H3;2*3-4,6-9H,5H2,1-2H3. The fourth-order valence-electron chi connectivity index (χ4n) is 8.34. The van der Waals surface area contributed by atoms with E-state index in [4.69, 9.17) is 0 Å². The van der Waals surface area contributed by atoms with Gasteiger partial charge in [0, 0.05) is 0 Å². The van der Waals surface area contributed by atoms with E-state index < -0.39 is 0 Å². The van der Waals surface area contributed by atoms with Crippen LogP contribution in [0.15, 0.2) is 36.5 Å². The van der Waals surface area contributed by atoms with Gasteiger partial charge in [-0.3, -0.25) is 0 Å². The number of fused-ring (bicyclic) bond motifs is 4. The molecule has 7 aliphatic rings. The number of allylic oxidation sites excluding steroid dienone is 6. The molecule has 4 saturated carbocycles. The van der Waals surface area contributed by atoms with Crippen LogP contribution in [0.4, 0.5) is 0 Å². The Bertz CT molecular complexity index is 618. The minimum Gasteiger partial charge on any atom is -0.0848 e. The molecule has 0 saturated heterocycles. The highest BCUT2D eigenvalue weighted by molar-refractivity contribution is 5.27. The molecule has 0 N–H and O–H groups in total. The molecule has 29 heavy (non-hydrogen) atoms. The second-order valence-electron chi connectivity index (χ2n) is 12.2. The Morgan fingerprint density at radius 2 is 0.759 bits per heavy atom. The predicted molar refractivity (Wildman–Crippen MR) is 124 cm³/mol. The van der Waals surface area contributed by atoms with Crippen molar-refractivity contribution in [3.63, 3.8) is 0 Å². The fraction of sp³-hybridized carbons (Fsp3) is 0.793. The molecule has 7 aliphatic carbocycles. The highest BCUT2D eigenvalue weighted by atomic mass is 14.7. The molecular weight excluding hydrogens is 348 g/mol. The lowest BCUT2D eigenvalue weighted by atomic mass is 9.86. The molecule has 12 atom stereocenters. The Hall–Kier alpha value is -0.780. The first-order chi connectivity index (χ1) is 13.8. The third-order valence-electron chi connectivity index (χ3n) is 11.3. The summed E-state index contributed by atoms with van der Waals surface area (Å²) in [7, 11) is 0. The van der Waals surface area contributed by atoms with Crippen molar-refractivity contribution in [3.8, 4) is 0 Å². The molecule has 160 valence electrons. The lowest BCUT2D eigenvalue weighted by Gasteiger charge is -2.19. The summed E-state index contributed by atoms with van der Waals surface area (Å²) in [5, 5.41) is 0. The van der Waals surface area contributed by atoms with Crippen LogP contribution in [0, 0.1) is 76.4 Å². The summed E-state index contributed by atoms with van der Waals surface area (Å²) in [4.78, 5) is 0. The molecule has 0 aliphatic heterocycles. The first-order valence-electron chi connectivity index (χ1n) is 12.9. The van der Waals surface area contributed by atoms with Crippen LogP contribution in [0.3, 0.4) is 0 Å². The van der Waals surface area contributed by atoms with Gasteiger partial charge in [-0.2, -0.15) is 0 Å². The number of hydrogen-bond donors (Lipinski definition) is 0. The molecule has 12 unspecified atom stereocenters. The van der Waals surface area contributed by atoms with Gasteiger partial charge in [-0.1, -0.05) is 78.0 Å². The molecule has 7 rings (SSSR count). The molecular formula is C29H44. The van der Waals surface area contributed by atoms with Gasteiger partial charge in [-0.15, -0.1) is 0 Å². The van der Waals surface area contributed by atoms with Crippen LogP contribution in [0.1, 0.15) is 67.2 Å². The van der Waals surface area contributed by atoms with E-state index in [1.54, 1.807) is 0 Å². The summed E-state index contributed by atoms with van der Waals surface area (Å²) in [5.41, 5.74) is 0.804. The zero-order valence-corrected chi connectivity index (χ0v) is 19.7. The minimum atomic E-state index is 0.804. The lowest BCUT2D eigenvalue weighted by molar-refractivity contribution is 0.364. The van der Waals surface area contributed by atoms with E-state index in [0.717, 1.165) is 76.4 Å². The Labute approximate surface area is 180 Å². The highest BCUT2D eigenvalue weighted by Crippen LogP contribution is 2.71. The SMILES string of the molecule is CC1C(C)C2C=CC1C21CC1.CC1C2C=CC(C2)C1C.CC1C2C=CC(C2)C1C. The average molecular weight is 393 g/mol. The third-order valence-corrected chi connectivity index (χ3v) is 11.3. The van der Waals surface area contributed by atoms with Crippen LogP contribution in [0.2, 0.25) is 0 Å². The first-order valence-corrected chi connectivity index (χ1v) is 12.9. The molecule has 0 amide bonds. The van der Waals surface area contributed by atoms with Gasteiger partial charge in [0.2, 0.25) is 0 Å². The Morgan fingerprint density at radius 3 is 0.931 bits per heavy atom. The molecule has 4 fully saturated rings. The van der Waals surface area contributed by atoms with Crippen molar-refractivity contribution in [1.82, 2.24) is 0 Å². The van der Waals surface area contributed by atoms with E-state index in [0.29, 0.717) is 0 Å². The van der Waals surface area contributed by atoms with Crippen molar-refractivity contribution in [1.29, 1.82) is 0 Å². The topological polar surface area (TPSA) is 0 Å². The molecule has 0 aromatic rings. The van der Waals surface area contributed by atoms with Crippen molar-refractivity contribution in [2.75, 3.05) is 0 Å². The third kappa shape index (κ3) is 3.06. The van der Waals surface area contributed by atoms with Gasteiger partial charge in [0.25, 0.3) is 0 Å². The number of hydrogen-bond acceptors (Lipinski definition) is 0. The van der Waals surface area contributed by atoms with Crippen molar-refractivity contribution in [3.05, 3.63) is 36.5 Å². The lowest BCUT2D eigenvalue weighted by Crippen LogP contribution is -2.12. The van der Waals surface area contributed by atoms with Gasteiger partial charge in [0.05, 0.1) is 0 Å². The normalized spacial score (nSPS) is 55.2. The molecule has 0 aromatic heterocycles. The van der Waals surface area contributed by atoms with Gasteiger partial charge in [0.1, 0.15) is 0 Å². The van der Waals surface area contributed by atoms with Gasteiger partial charge in [0.15, 0.2) is 0 Å².